The van der Waals surface area contributed by atoms with Crippen molar-refractivity contribution in [3.8, 4) is 5.75 Å². The number of hydrogen-bond acceptors (Lipinski definition) is 5. The van der Waals surface area contributed by atoms with E-state index in [0.717, 1.165) is 0 Å². The van der Waals surface area contributed by atoms with E-state index in [-0.39, 0.29) is 29.8 Å². The van der Waals surface area contributed by atoms with Gasteiger partial charge in [-0.25, -0.2) is 4.39 Å². The average molecular weight is 590 g/mol. The molecule has 1 heterocycles. The minimum absolute atomic E-state index is 0.146. The molecule has 1 aliphatic rings. The third-order valence-electron chi connectivity index (χ3n) is 5.28. The summed E-state index contributed by atoms with van der Waals surface area (Å²) in [7, 11) is 1.27. The zero-order chi connectivity index (χ0) is 25.8. The number of carbonyl (C=O) groups is 2. The Labute approximate surface area is 226 Å². The maximum atomic E-state index is 13.4. The standard InChI is InChI=1S/C26H19BrClFN2O4S/c1-34-24(32)14-30-22(25(33)31(26(30)36)20-8-6-18(28)7-9-20)13-16-5-10-23(21(27)12-16)35-15-17-3-2-4-19(29)11-17/h2-13H,14-15H2,1H3/b22-13-. The second-order valence-corrected chi connectivity index (χ2v) is 9.36. The molecule has 4 rings (SSSR count). The Hall–Kier alpha value is -3.27. The number of halogens is 3. The van der Waals surface area contributed by atoms with Crippen LogP contribution in [0.1, 0.15) is 11.1 Å². The Balaban J connectivity index is 1.61. The summed E-state index contributed by atoms with van der Waals surface area (Å²) < 4.78 is 24.6. The summed E-state index contributed by atoms with van der Waals surface area (Å²) in [5, 5.41) is 0.663. The van der Waals surface area contributed by atoms with Gasteiger partial charge in [0.25, 0.3) is 5.91 Å². The lowest BCUT2D eigenvalue weighted by atomic mass is 10.1. The molecule has 3 aromatic carbocycles. The summed E-state index contributed by atoms with van der Waals surface area (Å²) in [6, 6.07) is 18.1. The molecule has 0 radical (unpaired) electrons. The van der Waals surface area contributed by atoms with Crippen LogP contribution in [0, 0.1) is 5.82 Å². The van der Waals surface area contributed by atoms with Gasteiger partial charge in [0.05, 0.1) is 17.3 Å². The topological polar surface area (TPSA) is 59.1 Å². The molecule has 0 unspecified atom stereocenters. The van der Waals surface area contributed by atoms with Crippen molar-refractivity contribution in [3.63, 3.8) is 0 Å². The molecule has 1 saturated heterocycles. The smallest absolute Gasteiger partial charge is 0.325 e. The molecular weight excluding hydrogens is 571 g/mol. The number of methoxy groups -OCH3 is 1. The monoisotopic (exact) mass is 588 g/mol. The minimum Gasteiger partial charge on any atom is -0.488 e. The van der Waals surface area contributed by atoms with Crippen LogP contribution in [-0.2, 0) is 20.9 Å². The van der Waals surface area contributed by atoms with E-state index in [0.29, 0.717) is 32.1 Å². The average Bonchev–Trinajstić information content (AvgIpc) is 3.08. The van der Waals surface area contributed by atoms with E-state index in [2.05, 4.69) is 15.9 Å². The van der Waals surface area contributed by atoms with E-state index in [1.54, 1.807) is 60.7 Å². The first-order valence-corrected chi connectivity index (χ1v) is 12.2. The number of carbonyl (C=O) groups excluding carboxylic acids is 2. The van der Waals surface area contributed by atoms with Crippen molar-refractivity contribution in [3.05, 3.63) is 98.9 Å². The highest BCUT2D eigenvalue weighted by atomic mass is 79.9. The Morgan fingerprint density at radius 1 is 1.14 bits per heavy atom. The quantitative estimate of drug-likeness (QED) is 0.192. The van der Waals surface area contributed by atoms with Crippen LogP contribution in [-0.4, -0.2) is 35.5 Å². The third-order valence-corrected chi connectivity index (χ3v) is 6.55. The van der Waals surface area contributed by atoms with Gasteiger partial charge in [-0.15, -0.1) is 0 Å². The fourth-order valence-corrected chi connectivity index (χ4v) is 4.50. The predicted molar refractivity (Wildman–Crippen MR) is 143 cm³/mol. The fraction of sp³-hybridized carbons (Fsp3) is 0.115. The van der Waals surface area contributed by atoms with E-state index < -0.39 is 11.9 Å². The summed E-state index contributed by atoms with van der Waals surface area (Å²) in [6.07, 6.45) is 1.63. The van der Waals surface area contributed by atoms with Crippen LogP contribution in [0.15, 0.2) is 76.9 Å². The molecule has 1 fully saturated rings. The molecule has 0 N–H and O–H groups in total. The molecule has 0 atom stereocenters. The number of anilines is 1. The normalized spacial score (nSPS) is 14.5. The first-order chi connectivity index (χ1) is 17.3. The van der Waals surface area contributed by atoms with Crippen LogP contribution >= 0.6 is 39.7 Å². The maximum Gasteiger partial charge on any atom is 0.325 e. The number of amides is 1. The predicted octanol–water partition coefficient (Wildman–Crippen LogP) is 5.97. The number of ether oxygens (including phenoxy) is 2. The van der Waals surface area contributed by atoms with Gasteiger partial charge in [0.1, 0.15) is 30.4 Å². The summed E-state index contributed by atoms with van der Waals surface area (Å²) >= 11 is 15.0. The van der Waals surface area contributed by atoms with Gasteiger partial charge in [-0.3, -0.25) is 14.5 Å². The number of benzene rings is 3. The van der Waals surface area contributed by atoms with Gasteiger partial charge in [-0.1, -0.05) is 29.8 Å². The van der Waals surface area contributed by atoms with E-state index in [4.69, 9.17) is 33.3 Å². The Kier molecular flexibility index (Phi) is 8.03. The highest BCUT2D eigenvalue weighted by Gasteiger charge is 2.40. The Bertz CT molecular complexity index is 1370. The van der Waals surface area contributed by atoms with Crippen molar-refractivity contribution in [1.29, 1.82) is 0 Å². The molecule has 1 amide bonds. The number of esters is 1. The van der Waals surface area contributed by atoms with Gasteiger partial charge in [0, 0.05) is 5.02 Å². The molecule has 36 heavy (non-hydrogen) atoms. The van der Waals surface area contributed by atoms with E-state index in [1.165, 1.54) is 29.0 Å². The van der Waals surface area contributed by atoms with Crippen molar-refractivity contribution in [2.45, 2.75) is 6.61 Å². The maximum absolute atomic E-state index is 13.4. The number of thiocarbonyl (C=S) groups is 1. The molecule has 10 heteroatoms. The lowest BCUT2D eigenvalue weighted by molar-refractivity contribution is -0.140. The van der Waals surface area contributed by atoms with Crippen LogP contribution in [0.2, 0.25) is 5.02 Å². The molecule has 0 aromatic heterocycles. The fourth-order valence-electron chi connectivity index (χ4n) is 3.51. The van der Waals surface area contributed by atoms with Crippen molar-refractivity contribution >= 4 is 68.5 Å². The molecular formula is C26H19BrClFN2O4S. The molecule has 0 aliphatic carbocycles. The molecule has 1 aliphatic heterocycles. The van der Waals surface area contributed by atoms with E-state index >= 15 is 0 Å². The zero-order valence-corrected chi connectivity index (χ0v) is 22.1. The van der Waals surface area contributed by atoms with Gasteiger partial charge >= 0.3 is 5.97 Å². The first-order valence-electron chi connectivity index (χ1n) is 10.6. The SMILES string of the molecule is COC(=O)CN1C(=S)N(c2ccc(Cl)cc2)C(=O)/C1=C/c1ccc(OCc2cccc(F)c2)c(Br)c1. The number of nitrogens with zero attached hydrogens (tertiary/aromatic N) is 2. The van der Waals surface area contributed by atoms with Crippen molar-refractivity contribution in [2.24, 2.45) is 0 Å². The van der Waals surface area contributed by atoms with Crippen molar-refractivity contribution in [1.82, 2.24) is 4.90 Å². The van der Waals surface area contributed by atoms with Crippen LogP contribution in [0.3, 0.4) is 0 Å². The zero-order valence-electron chi connectivity index (χ0n) is 18.9. The molecule has 184 valence electrons. The Morgan fingerprint density at radius 3 is 2.56 bits per heavy atom. The third kappa shape index (κ3) is 5.75. The highest BCUT2D eigenvalue weighted by Crippen LogP contribution is 2.32. The van der Waals surface area contributed by atoms with Gasteiger partial charge in [-0.05, 0) is 93.9 Å². The summed E-state index contributed by atoms with van der Waals surface area (Å²) in [4.78, 5) is 28.2. The molecule has 0 spiro atoms. The Morgan fingerprint density at radius 2 is 1.89 bits per heavy atom. The van der Waals surface area contributed by atoms with Crippen LogP contribution in [0.4, 0.5) is 10.1 Å². The van der Waals surface area contributed by atoms with Gasteiger partial charge < -0.3 is 14.4 Å². The van der Waals surface area contributed by atoms with Gasteiger partial charge in [0.15, 0.2) is 5.11 Å². The summed E-state index contributed by atoms with van der Waals surface area (Å²) in [6.45, 7) is -0.0422. The number of rotatable bonds is 7. The minimum atomic E-state index is -0.545. The van der Waals surface area contributed by atoms with E-state index in [1.807, 2.05) is 0 Å². The highest BCUT2D eigenvalue weighted by molar-refractivity contribution is 9.10. The first kappa shape index (κ1) is 25.8. The van der Waals surface area contributed by atoms with Gasteiger partial charge in [0.2, 0.25) is 0 Å². The number of hydrogen-bond donors (Lipinski definition) is 0. The summed E-state index contributed by atoms with van der Waals surface area (Å²) in [5.41, 5.74) is 2.09. The molecule has 3 aromatic rings. The molecule has 0 bridgehead atoms. The molecule has 0 saturated carbocycles. The molecule has 6 nitrogen and oxygen atoms in total. The van der Waals surface area contributed by atoms with Crippen molar-refractivity contribution < 1.29 is 23.5 Å². The largest absolute Gasteiger partial charge is 0.488 e. The lowest BCUT2D eigenvalue weighted by Crippen LogP contribution is -2.35. The van der Waals surface area contributed by atoms with Crippen LogP contribution in [0.5, 0.6) is 5.75 Å². The second kappa shape index (κ2) is 11.2. The van der Waals surface area contributed by atoms with Gasteiger partial charge in [-0.2, -0.15) is 0 Å². The van der Waals surface area contributed by atoms with Crippen LogP contribution in [0.25, 0.3) is 6.08 Å². The van der Waals surface area contributed by atoms with E-state index in [9.17, 15) is 14.0 Å². The summed E-state index contributed by atoms with van der Waals surface area (Å²) in [5.74, 6) is -0.727. The lowest BCUT2D eigenvalue weighted by Gasteiger charge is -2.19. The second-order valence-electron chi connectivity index (χ2n) is 7.70. The van der Waals surface area contributed by atoms with Crippen LogP contribution < -0.4 is 9.64 Å². The van der Waals surface area contributed by atoms with Crippen molar-refractivity contribution in [2.75, 3.05) is 18.6 Å².